The summed E-state index contributed by atoms with van der Waals surface area (Å²) in [5.74, 6) is 0.793. The summed E-state index contributed by atoms with van der Waals surface area (Å²) >= 11 is 0. The number of rotatable bonds is 8. The number of hydrogen-bond donors (Lipinski definition) is 1. The average molecular weight is 467 g/mol. The van der Waals surface area contributed by atoms with Gasteiger partial charge in [-0.2, -0.15) is 13.2 Å². The molecule has 1 fully saturated rings. The minimum Gasteiger partial charge on any atom is -0.492 e. The highest BCUT2D eigenvalue weighted by atomic mass is 19.4. The number of aliphatic hydroxyl groups excluding tert-OH is 1. The molecule has 2 atom stereocenters. The van der Waals surface area contributed by atoms with Gasteiger partial charge >= 0.3 is 6.18 Å². The number of nitrogens with zero attached hydrogens (tertiary/aromatic N) is 2. The Hall–Kier alpha value is -2.16. The van der Waals surface area contributed by atoms with Gasteiger partial charge in [-0.1, -0.05) is 30.3 Å². The zero-order valence-corrected chi connectivity index (χ0v) is 18.7. The number of alkyl halides is 4. The van der Waals surface area contributed by atoms with Crippen molar-refractivity contribution in [2.24, 2.45) is 5.92 Å². The second kappa shape index (κ2) is 9.99. The predicted octanol–water partition coefficient (Wildman–Crippen LogP) is 4.36. The molecule has 8 heteroatoms. The standard InChI is InChI=1S/C25H30F4N2O2/c1-17-10-21-11-18(15-32)2-7-23(21)24(31(17)16-25(27,28)29)20-3-5-22(6-4-20)33-9-8-30-13-19(12-26)14-30/h2-7,11,17,19,24,32H,8-10,12-16H2,1H3/t17-,24?/m0/s1. The van der Waals surface area contributed by atoms with Crippen molar-refractivity contribution in [3.8, 4) is 5.75 Å². The molecule has 0 radical (unpaired) electrons. The van der Waals surface area contributed by atoms with Gasteiger partial charge in [0, 0.05) is 31.6 Å². The maximum absolute atomic E-state index is 13.4. The summed E-state index contributed by atoms with van der Waals surface area (Å²) in [5.41, 5.74) is 3.33. The Morgan fingerprint density at radius 3 is 2.45 bits per heavy atom. The van der Waals surface area contributed by atoms with E-state index in [2.05, 4.69) is 4.90 Å². The monoisotopic (exact) mass is 466 g/mol. The molecule has 1 unspecified atom stereocenters. The van der Waals surface area contributed by atoms with Gasteiger partial charge in [0.1, 0.15) is 12.4 Å². The molecule has 0 amide bonds. The fourth-order valence-corrected chi connectivity index (χ4v) is 4.89. The van der Waals surface area contributed by atoms with Crippen LogP contribution in [0.5, 0.6) is 5.75 Å². The number of hydrogen-bond acceptors (Lipinski definition) is 4. The van der Waals surface area contributed by atoms with Crippen LogP contribution in [-0.4, -0.2) is 66.6 Å². The van der Waals surface area contributed by atoms with Crippen molar-refractivity contribution in [2.45, 2.75) is 38.2 Å². The molecule has 4 rings (SSSR count). The summed E-state index contributed by atoms with van der Waals surface area (Å²) in [6.07, 6.45) is -3.81. The first-order valence-corrected chi connectivity index (χ1v) is 11.3. The third-order valence-electron chi connectivity index (χ3n) is 6.58. The first-order valence-electron chi connectivity index (χ1n) is 11.3. The fourth-order valence-electron chi connectivity index (χ4n) is 4.89. The summed E-state index contributed by atoms with van der Waals surface area (Å²) in [6, 6.07) is 11.9. The van der Waals surface area contributed by atoms with Gasteiger partial charge in [0.2, 0.25) is 0 Å². The molecule has 0 aromatic heterocycles. The van der Waals surface area contributed by atoms with E-state index in [1.165, 1.54) is 4.90 Å². The summed E-state index contributed by atoms with van der Waals surface area (Å²) in [6.45, 7) is 3.15. The van der Waals surface area contributed by atoms with Crippen LogP contribution in [-0.2, 0) is 13.0 Å². The van der Waals surface area contributed by atoms with Crippen molar-refractivity contribution >= 4 is 0 Å². The topological polar surface area (TPSA) is 35.9 Å². The minimum absolute atomic E-state index is 0.101. The van der Waals surface area contributed by atoms with Crippen LogP contribution in [0.2, 0.25) is 0 Å². The molecule has 0 aliphatic carbocycles. The Balaban J connectivity index is 1.51. The van der Waals surface area contributed by atoms with Gasteiger partial charge in [-0.05, 0) is 47.7 Å². The number of halogens is 4. The highest BCUT2D eigenvalue weighted by molar-refractivity contribution is 5.43. The van der Waals surface area contributed by atoms with Crippen LogP contribution in [0.1, 0.15) is 35.2 Å². The van der Waals surface area contributed by atoms with E-state index in [-0.39, 0.29) is 25.2 Å². The SMILES string of the molecule is C[C@H]1Cc2cc(CO)ccc2C(c2ccc(OCCN3CC(CF)C3)cc2)N1CC(F)(F)F. The van der Waals surface area contributed by atoms with Crippen LogP contribution in [0, 0.1) is 5.92 Å². The van der Waals surface area contributed by atoms with Crippen LogP contribution in [0.25, 0.3) is 0 Å². The quantitative estimate of drug-likeness (QED) is 0.587. The van der Waals surface area contributed by atoms with E-state index in [4.69, 9.17) is 4.74 Å². The first-order chi connectivity index (χ1) is 15.8. The smallest absolute Gasteiger partial charge is 0.401 e. The highest BCUT2D eigenvalue weighted by Gasteiger charge is 2.40. The molecule has 33 heavy (non-hydrogen) atoms. The zero-order chi connectivity index (χ0) is 23.6. The Bertz CT molecular complexity index is 929. The van der Waals surface area contributed by atoms with E-state index in [0.29, 0.717) is 18.8 Å². The maximum Gasteiger partial charge on any atom is 0.401 e. The van der Waals surface area contributed by atoms with Gasteiger partial charge in [0.25, 0.3) is 0 Å². The van der Waals surface area contributed by atoms with E-state index < -0.39 is 18.8 Å². The summed E-state index contributed by atoms with van der Waals surface area (Å²) in [7, 11) is 0. The Labute approximate surface area is 191 Å². The third-order valence-corrected chi connectivity index (χ3v) is 6.58. The van der Waals surface area contributed by atoms with Crippen molar-refractivity contribution < 1.29 is 27.4 Å². The second-order valence-corrected chi connectivity index (χ2v) is 9.13. The van der Waals surface area contributed by atoms with E-state index in [9.17, 15) is 22.7 Å². The molecule has 2 heterocycles. The van der Waals surface area contributed by atoms with E-state index in [1.54, 1.807) is 18.2 Å². The molecule has 0 saturated carbocycles. The van der Waals surface area contributed by atoms with E-state index >= 15 is 0 Å². The largest absolute Gasteiger partial charge is 0.492 e. The predicted molar refractivity (Wildman–Crippen MR) is 118 cm³/mol. The lowest BCUT2D eigenvalue weighted by molar-refractivity contribution is -0.155. The number of benzene rings is 2. The van der Waals surface area contributed by atoms with Gasteiger partial charge in [-0.15, -0.1) is 0 Å². The van der Waals surface area contributed by atoms with Gasteiger partial charge < -0.3 is 9.84 Å². The van der Waals surface area contributed by atoms with Gasteiger partial charge in [0.15, 0.2) is 0 Å². The van der Waals surface area contributed by atoms with Crippen molar-refractivity contribution in [3.63, 3.8) is 0 Å². The zero-order valence-electron chi connectivity index (χ0n) is 18.7. The molecule has 0 bridgehead atoms. The molecule has 180 valence electrons. The van der Waals surface area contributed by atoms with Crippen LogP contribution < -0.4 is 4.74 Å². The van der Waals surface area contributed by atoms with Crippen molar-refractivity contribution in [1.29, 1.82) is 0 Å². The van der Waals surface area contributed by atoms with E-state index in [1.807, 2.05) is 31.2 Å². The average Bonchev–Trinajstić information content (AvgIpc) is 2.75. The molecule has 2 aliphatic heterocycles. The summed E-state index contributed by atoms with van der Waals surface area (Å²) in [5, 5.41) is 9.48. The van der Waals surface area contributed by atoms with Gasteiger partial charge in [0.05, 0.1) is 25.9 Å². The molecule has 0 spiro atoms. The van der Waals surface area contributed by atoms with Crippen LogP contribution in [0.3, 0.4) is 0 Å². The molecule has 4 nitrogen and oxygen atoms in total. The molecular weight excluding hydrogens is 436 g/mol. The number of aliphatic hydroxyl groups is 1. The van der Waals surface area contributed by atoms with Crippen molar-refractivity contribution in [2.75, 3.05) is 39.5 Å². The van der Waals surface area contributed by atoms with Crippen molar-refractivity contribution in [1.82, 2.24) is 9.80 Å². The summed E-state index contributed by atoms with van der Waals surface area (Å²) < 4.78 is 58.6. The number of likely N-dealkylation sites (tertiary alicyclic amines) is 1. The lowest BCUT2D eigenvalue weighted by Crippen LogP contribution is -2.49. The van der Waals surface area contributed by atoms with Crippen LogP contribution >= 0.6 is 0 Å². The van der Waals surface area contributed by atoms with Gasteiger partial charge in [-0.3, -0.25) is 14.2 Å². The fraction of sp³-hybridized carbons (Fsp3) is 0.520. The lowest BCUT2D eigenvalue weighted by Gasteiger charge is -2.42. The number of fused-ring (bicyclic) bond motifs is 1. The molecular formula is C25H30F4N2O2. The Morgan fingerprint density at radius 1 is 1.09 bits per heavy atom. The highest BCUT2D eigenvalue weighted by Crippen LogP contribution is 2.40. The second-order valence-electron chi connectivity index (χ2n) is 9.13. The summed E-state index contributed by atoms with van der Waals surface area (Å²) in [4.78, 5) is 3.64. The molecule has 1 N–H and O–H groups in total. The molecule has 2 aromatic carbocycles. The third kappa shape index (κ3) is 5.67. The number of ether oxygens (including phenoxy) is 1. The van der Waals surface area contributed by atoms with Crippen LogP contribution in [0.15, 0.2) is 42.5 Å². The van der Waals surface area contributed by atoms with Crippen LogP contribution in [0.4, 0.5) is 17.6 Å². The maximum atomic E-state index is 13.4. The Morgan fingerprint density at radius 2 is 1.82 bits per heavy atom. The molecule has 2 aromatic rings. The minimum atomic E-state index is -4.31. The molecule has 1 saturated heterocycles. The Kier molecular flexibility index (Phi) is 7.26. The normalized spacial score (nSPS) is 22.1. The first kappa shape index (κ1) is 24.0. The van der Waals surface area contributed by atoms with Crippen molar-refractivity contribution in [3.05, 3.63) is 64.7 Å². The molecule has 2 aliphatic rings. The lowest BCUT2D eigenvalue weighted by atomic mass is 9.84. The van der Waals surface area contributed by atoms with Gasteiger partial charge in [-0.25, -0.2) is 0 Å². The van der Waals surface area contributed by atoms with E-state index in [0.717, 1.165) is 41.9 Å².